The zero-order chi connectivity index (χ0) is 18.8. The molecule has 2 rings (SSSR count). The summed E-state index contributed by atoms with van der Waals surface area (Å²) in [5, 5.41) is 2.73. The molecule has 1 fully saturated rings. The van der Waals surface area contributed by atoms with Crippen LogP contribution in [0.15, 0.2) is 24.3 Å². The van der Waals surface area contributed by atoms with Gasteiger partial charge >= 0.3 is 0 Å². The van der Waals surface area contributed by atoms with Crippen molar-refractivity contribution >= 4 is 27.3 Å². The van der Waals surface area contributed by atoms with Crippen LogP contribution in [0.2, 0.25) is 0 Å². The zero-order valence-electron chi connectivity index (χ0n) is 15.2. The molecule has 1 aliphatic rings. The van der Waals surface area contributed by atoms with Gasteiger partial charge in [-0.1, -0.05) is 12.1 Å². The molecule has 0 aliphatic carbocycles. The third-order valence-electron chi connectivity index (χ3n) is 4.54. The minimum atomic E-state index is -3.09. The number of nitrogens with zero attached hydrogens (tertiary/aromatic N) is 1. The average molecular weight is 366 g/mol. The highest BCUT2D eigenvalue weighted by molar-refractivity contribution is 7.91. The van der Waals surface area contributed by atoms with Crippen LogP contribution in [0.4, 0.5) is 5.69 Å². The summed E-state index contributed by atoms with van der Waals surface area (Å²) in [5.41, 5.74) is 0.491. The van der Waals surface area contributed by atoms with Crippen molar-refractivity contribution in [3.63, 3.8) is 0 Å². The zero-order valence-corrected chi connectivity index (χ0v) is 16.0. The maximum absolute atomic E-state index is 13.0. The number of amides is 2. The largest absolute Gasteiger partial charge is 0.351 e. The first-order valence-corrected chi connectivity index (χ1v) is 10.3. The second kappa shape index (κ2) is 7.15. The van der Waals surface area contributed by atoms with E-state index in [4.69, 9.17) is 0 Å². The van der Waals surface area contributed by atoms with Gasteiger partial charge in [0.05, 0.1) is 11.5 Å². The van der Waals surface area contributed by atoms with Crippen LogP contribution in [0.25, 0.3) is 0 Å². The second-order valence-electron chi connectivity index (χ2n) is 7.09. The first-order chi connectivity index (χ1) is 11.6. The Kier molecular flexibility index (Phi) is 5.56. The van der Waals surface area contributed by atoms with E-state index in [9.17, 15) is 18.0 Å². The Balaban J connectivity index is 2.16. The van der Waals surface area contributed by atoms with Crippen LogP contribution >= 0.6 is 0 Å². The third-order valence-corrected chi connectivity index (χ3v) is 6.31. The molecule has 1 aromatic rings. The quantitative estimate of drug-likeness (QED) is 0.804. The molecular formula is C18H26N2O4S. The predicted octanol–water partition coefficient (Wildman–Crippen LogP) is 1.68. The molecule has 1 aliphatic heterocycles. The molecule has 1 N–H and O–H groups in total. The molecule has 0 saturated carbocycles. The minimum Gasteiger partial charge on any atom is -0.351 e. The lowest BCUT2D eigenvalue weighted by atomic mass is 9.89. The van der Waals surface area contributed by atoms with E-state index in [-0.39, 0.29) is 17.4 Å². The standard InChI is InChI=1S/C18H26N2O4S/c1-5-20(15-8-6-7-13(2)11-15)17(22)18(3,4)16(21)19-14-9-10-25(23,24)12-14/h6-8,11,14H,5,9-10,12H2,1-4H3,(H,19,21). The van der Waals surface area contributed by atoms with Gasteiger partial charge in [0.15, 0.2) is 9.84 Å². The van der Waals surface area contributed by atoms with Gasteiger partial charge in [-0.25, -0.2) is 8.42 Å². The van der Waals surface area contributed by atoms with Gasteiger partial charge in [0.1, 0.15) is 5.41 Å². The molecule has 0 spiro atoms. The number of aryl methyl sites for hydroxylation is 1. The summed E-state index contributed by atoms with van der Waals surface area (Å²) in [7, 11) is -3.09. The summed E-state index contributed by atoms with van der Waals surface area (Å²) in [6, 6.07) is 7.14. The smallest absolute Gasteiger partial charge is 0.242 e. The SMILES string of the molecule is CCN(C(=O)C(C)(C)C(=O)NC1CCS(=O)(=O)C1)c1cccc(C)c1. The maximum atomic E-state index is 13.0. The highest BCUT2D eigenvalue weighted by atomic mass is 32.2. The van der Waals surface area contributed by atoms with Gasteiger partial charge in [0.25, 0.3) is 0 Å². The molecule has 25 heavy (non-hydrogen) atoms. The maximum Gasteiger partial charge on any atom is 0.242 e. The Morgan fingerprint density at radius 2 is 2.00 bits per heavy atom. The average Bonchev–Trinajstić information content (AvgIpc) is 2.86. The highest BCUT2D eigenvalue weighted by Crippen LogP contribution is 2.25. The van der Waals surface area contributed by atoms with E-state index >= 15 is 0 Å². The molecule has 1 saturated heterocycles. The fourth-order valence-electron chi connectivity index (χ4n) is 2.95. The normalized spacial score (nSPS) is 19.4. The lowest BCUT2D eigenvalue weighted by Crippen LogP contribution is -2.52. The molecule has 1 atom stereocenters. The van der Waals surface area contributed by atoms with Crippen molar-refractivity contribution in [2.45, 2.75) is 40.2 Å². The Bertz CT molecular complexity index is 771. The van der Waals surface area contributed by atoms with Crippen molar-refractivity contribution in [2.75, 3.05) is 23.0 Å². The lowest BCUT2D eigenvalue weighted by molar-refractivity contribution is -0.140. The van der Waals surface area contributed by atoms with Gasteiger partial charge in [-0.2, -0.15) is 0 Å². The van der Waals surface area contributed by atoms with Gasteiger partial charge < -0.3 is 10.2 Å². The van der Waals surface area contributed by atoms with E-state index in [2.05, 4.69) is 5.32 Å². The van der Waals surface area contributed by atoms with E-state index in [1.165, 1.54) is 0 Å². The van der Waals surface area contributed by atoms with Crippen LogP contribution < -0.4 is 10.2 Å². The van der Waals surface area contributed by atoms with Gasteiger partial charge in [-0.05, 0) is 51.8 Å². The first kappa shape index (κ1) is 19.4. The number of sulfone groups is 1. The summed E-state index contributed by atoms with van der Waals surface area (Å²) < 4.78 is 23.1. The van der Waals surface area contributed by atoms with Crippen molar-refractivity contribution in [1.82, 2.24) is 5.32 Å². The van der Waals surface area contributed by atoms with Gasteiger partial charge in [-0.15, -0.1) is 0 Å². The molecule has 0 bridgehead atoms. The van der Waals surface area contributed by atoms with Crippen LogP contribution in [0.5, 0.6) is 0 Å². The third kappa shape index (κ3) is 4.39. The monoisotopic (exact) mass is 366 g/mol. The number of benzene rings is 1. The summed E-state index contributed by atoms with van der Waals surface area (Å²) in [4.78, 5) is 27.2. The van der Waals surface area contributed by atoms with Crippen molar-refractivity contribution in [3.05, 3.63) is 29.8 Å². The Morgan fingerprint density at radius 1 is 1.32 bits per heavy atom. The molecule has 0 radical (unpaired) electrons. The summed E-state index contributed by atoms with van der Waals surface area (Å²) in [6.07, 6.45) is 0.397. The fraction of sp³-hybridized carbons (Fsp3) is 0.556. The number of anilines is 1. The van der Waals surface area contributed by atoms with Crippen LogP contribution in [0.3, 0.4) is 0 Å². The Morgan fingerprint density at radius 3 is 2.52 bits per heavy atom. The summed E-state index contributed by atoms with van der Waals surface area (Å²) in [6.45, 7) is 7.40. The summed E-state index contributed by atoms with van der Waals surface area (Å²) in [5.74, 6) is -0.723. The minimum absolute atomic E-state index is 0.0572. The van der Waals surface area contributed by atoms with Crippen molar-refractivity contribution in [3.8, 4) is 0 Å². The Hall–Kier alpha value is -1.89. The number of hydrogen-bond acceptors (Lipinski definition) is 4. The molecule has 138 valence electrons. The van der Waals surface area contributed by atoms with Gasteiger partial charge in [-0.3, -0.25) is 9.59 Å². The molecule has 1 unspecified atom stereocenters. The molecule has 7 heteroatoms. The molecule has 0 aromatic heterocycles. The molecule has 2 amide bonds. The first-order valence-electron chi connectivity index (χ1n) is 8.47. The number of nitrogens with one attached hydrogen (secondary N) is 1. The van der Waals surface area contributed by atoms with Crippen LogP contribution in [-0.4, -0.2) is 44.3 Å². The topological polar surface area (TPSA) is 83.6 Å². The Labute approximate surface area is 149 Å². The van der Waals surface area contributed by atoms with E-state index in [0.717, 1.165) is 11.3 Å². The number of rotatable bonds is 5. The van der Waals surface area contributed by atoms with Crippen molar-refractivity contribution < 1.29 is 18.0 Å². The number of carbonyl (C=O) groups is 2. The highest BCUT2D eigenvalue weighted by Gasteiger charge is 2.41. The van der Waals surface area contributed by atoms with E-state index in [1.54, 1.807) is 18.7 Å². The molecule has 1 aromatic carbocycles. The van der Waals surface area contributed by atoms with E-state index in [0.29, 0.717) is 13.0 Å². The lowest BCUT2D eigenvalue weighted by Gasteiger charge is -2.31. The molecule has 6 nitrogen and oxygen atoms in total. The van der Waals surface area contributed by atoms with Gasteiger partial charge in [0.2, 0.25) is 11.8 Å². The predicted molar refractivity (Wildman–Crippen MR) is 98.2 cm³/mol. The van der Waals surface area contributed by atoms with Crippen molar-refractivity contribution in [1.29, 1.82) is 0 Å². The van der Waals surface area contributed by atoms with Crippen LogP contribution in [0.1, 0.15) is 32.8 Å². The van der Waals surface area contributed by atoms with Crippen LogP contribution in [-0.2, 0) is 19.4 Å². The second-order valence-corrected chi connectivity index (χ2v) is 9.32. The fourth-order valence-corrected chi connectivity index (χ4v) is 4.62. The number of carbonyl (C=O) groups excluding carboxylic acids is 2. The van der Waals surface area contributed by atoms with E-state index < -0.39 is 27.2 Å². The molecular weight excluding hydrogens is 340 g/mol. The molecule has 1 heterocycles. The number of hydrogen-bond donors (Lipinski definition) is 1. The summed E-state index contributed by atoms with van der Waals surface area (Å²) >= 11 is 0. The van der Waals surface area contributed by atoms with E-state index in [1.807, 2.05) is 38.1 Å². The van der Waals surface area contributed by atoms with Gasteiger partial charge in [0, 0.05) is 18.3 Å². The van der Waals surface area contributed by atoms with Crippen molar-refractivity contribution in [2.24, 2.45) is 5.41 Å². The van der Waals surface area contributed by atoms with Crippen LogP contribution in [0, 0.1) is 12.3 Å².